The van der Waals surface area contributed by atoms with E-state index < -0.39 is 77.2 Å². The SMILES string of the molecule is C=C1C(=O)C23C(O)OC4CCC(C)(C)C5C(O)OCC45C2C(OC(C)=O)CC1C3OC(C)=O. The van der Waals surface area contributed by atoms with E-state index in [9.17, 15) is 24.6 Å². The van der Waals surface area contributed by atoms with Gasteiger partial charge in [0.2, 0.25) is 0 Å². The molecule has 0 amide bonds. The molecule has 182 valence electrons. The van der Waals surface area contributed by atoms with Crippen molar-refractivity contribution in [2.75, 3.05) is 6.61 Å². The van der Waals surface area contributed by atoms with Crippen molar-refractivity contribution >= 4 is 17.7 Å². The molecule has 2 saturated heterocycles. The first kappa shape index (κ1) is 23.0. The summed E-state index contributed by atoms with van der Waals surface area (Å²) >= 11 is 0. The molecule has 5 fully saturated rings. The van der Waals surface area contributed by atoms with Gasteiger partial charge in [0.1, 0.15) is 17.6 Å². The standard InChI is InChI=1S/C24H32O9/c1-10-13-8-14(31-11(2)25)16-23-9-30-20(28)17(23)22(4,5)7-6-15(23)33-21(29)24(16,18(10)27)19(13)32-12(3)26/h13-17,19-21,28-29H,1,6-9H2,2-5H3. The third-order valence-electron chi connectivity index (χ3n) is 9.09. The lowest BCUT2D eigenvalue weighted by Gasteiger charge is -2.65. The summed E-state index contributed by atoms with van der Waals surface area (Å²) in [5.74, 6) is -3.41. The molecule has 0 aromatic rings. The number of fused-ring (bicyclic) bond motifs is 1. The molecule has 5 aliphatic rings. The Morgan fingerprint density at radius 1 is 1.12 bits per heavy atom. The summed E-state index contributed by atoms with van der Waals surface area (Å²) in [6.45, 7) is 10.7. The van der Waals surface area contributed by atoms with E-state index in [-0.39, 0.29) is 24.0 Å². The van der Waals surface area contributed by atoms with Crippen molar-refractivity contribution in [3.8, 4) is 0 Å². The fraction of sp³-hybridized carbons (Fsp3) is 0.792. The van der Waals surface area contributed by atoms with Crippen LogP contribution < -0.4 is 0 Å². The lowest BCUT2D eigenvalue weighted by molar-refractivity contribution is -0.353. The lowest BCUT2D eigenvalue weighted by Crippen LogP contribution is -2.75. The summed E-state index contributed by atoms with van der Waals surface area (Å²) in [6, 6.07) is 0. The molecule has 9 heteroatoms. The van der Waals surface area contributed by atoms with Gasteiger partial charge in [0.15, 0.2) is 18.4 Å². The quantitative estimate of drug-likeness (QED) is 0.456. The third kappa shape index (κ3) is 2.70. The van der Waals surface area contributed by atoms with Crippen molar-refractivity contribution in [2.45, 2.75) is 77.8 Å². The number of carbonyl (C=O) groups excluding carboxylic acids is 3. The normalized spacial score (nSPS) is 49.6. The van der Waals surface area contributed by atoms with Crippen molar-refractivity contribution in [3.05, 3.63) is 12.2 Å². The van der Waals surface area contributed by atoms with Crippen LogP contribution in [-0.4, -0.2) is 65.4 Å². The van der Waals surface area contributed by atoms with Gasteiger partial charge in [-0.1, -0.05) is 20.4 Å². The lowest BCUT2D eigenvalue weighted by atomic mass is 9.43. The van der Waals surface area contributed by atoms with E-state index in [0.717, 1.165) is 0 Å². The zero-order valence-electron chi connectivity index (χ0n) is 19.4. The van der Waals surface area contributed by atoms with Crippen LogP contribution in [0.1, 0.15) is 47.0 Å². The fourth-order valence-electron chi connectivity index (χ4n) is 8.22. The molecule has 2 bridgehead atoms. The largest absolute Gasteiger partial charge is 0.462 e. The third-order valence-corrected chi connectivity index (χ3v) is 9.09. The molecule has 2 heterocycles. The van der Waals surface area contributed by atoms with Crippen LogP contribution in [0.4, 0.5) is 0 Å². The van der Waals surface area contributed by atoms with Gasteiger partial charge >= 0.3 is 11.9 Å². The second kappa shape index (κ2) is 7.10. The summed E-state index contributed by atoms with van der Waals surface area (Å²) in [6.07, 6.45) is -3.50. The molecule has 3 aliphatic carbocycles. The average molecular weight is 465 g/mol. The van der Waals surface area contributed by atoms with E-state index >= 15 is 0 Å². The highest BCUT2D eigenvalue weighted by atomic mass is 16.6. The number of aliphatic hydroxyl groups is 2. The first-order valence-corrected chi connectivity index (χ1v) is 11.6. The Hall–Kier alpha value is -1.81. The van der Waals surface area contributed by atoms with Gasteiger partial charge in [0.25, 0.3) is 0 Å². The molecular formula is C24H32O9. The van der Waals surface area contributed by atoms with Gasteiger partial charge in [0.05, 0.1) is 12.7 Å². The van der Waals surface area contributed by atoms with Crippen LogP contribution in [0.15, 0.2) is 12.2 Å². The van der Waals surface area contributed by atoms with Crippen LogP contribution in [0, 0.1) is 34.0 Å². The maximum Gasteiger partial charge on any atom is 0.302 e. The van der Waals surface area contributed by atoms with Crippen molar-refractivity contribution in [1.82, 2.24) is 0 Å². The van der Waals surface area contributed by atoms with Crippen molar-refractivity contribution in [1.29, 1.82) is 0 Å². The minimum atomic E-state index is -1.71. The van der Waals surface area contributed by atoms with Gasteiger partial charge in [-0.25, -0.2) is 0 Å². The van der Waals surface area contributed by atoms with Gasteiger partial charge in [-0.05, 0) is 30.3 Å². The number of hydrogen-bond donors (Lipinski definition) is 2. The Labute approximate surface area is 192 Å². The minimum absolute atomic E-state index is 0.0705. The molecule has 3 saturated carbocycles. The molecule has 0 aromatic carbocycles. The number of Topliss-reactive ketones (excluding diaryl/α,β-unsaturated/α-hetero) is 1. The number of hydrogen-bond acceptors (Lipinski definition) is 9. The van der Waals surface area contributed by atoms with Gasteiger partial charge in [-0.3, -0.25) is 14.4 Å². The molecule has 10 atom stereocenters. The molecular weight excluding hydrogens is 432 g/mol. The monoisotopic (exact) mass is 464 g/mol. The van der Waals surface area contributed by atoms with Crippen molar-refractivity contribution < 1.29 is 43.5 Å². The number of ketones is 1. The first-order valence-electron chi connectivity index (χ1n) is 11.6. The molecule has 0 radical (unpaired) electrons. The zero-order valence-corrected chi connectivity index (χ0v) is 19.4. The predicted molar refractivity (Wildman–Crippen MR) is 111 cm³/mol. The Morgan fingerprint density at radius 3 is 2.42 bits per heavy atom. The van der Waals surface area contributed by atoms with Crippen LogP contribution in [0.5, 0.6) is 0 Å². The van der Waals surface area contributed by atoms with E-state index in [0.29, 0.717) is 12.8 Å². The molecule has 5 rings (SSSR count). The van der Waals surface area contributed by atoms with E-state index in [1.54, 1.807) is 0 Å². The summed E-state index contributed by atoms with van der Waals surface area (Å²) < 4.78 is 23.5. The van der Waals surface area contributed by atoms with E-state index in [2.05, 4.69) is 6.58 Å². The Bertz CT molecular complexity index is 927. The summed E-state index contributed by atoms with van der Waals surface area (Å²) in [7, 11) is 0. The van der Waals surface area contributed by atoms with Crippen LogP contribution in [0.25, 0.3) is 0 Å². The van der Waals surface area contributed by atoms with E-state index in [1.807, 2.05) is 13.8 Å². The summed E-state index contributed by atoms with van der Waals surface area (Å²) in [4.78, 5) is 38.2. The zero-order chi connectivity index (χ0) is 24.1. The maximum absolute atomic E-state index is 13.9. The van der Waals surface area contributed by atoms with Crippen LogP contribution in [0.2, 0.25) is 0 Å². The predicted octanol–water partition coefficient (Wildman–Crippen LogP) is 1.10. The molecule has 2 aliphatic heterocycles. The van der Waals surface area contributed by atoms with Gasteiger partial charge < -0.3 is 29.2 Å². The Morgan fingerprint density at radius 2 is 1.79 bits per heavy atom. The molecule has 2 spiro atoms. The molecule has 10 unspecified atom stereocenters. The second-order valence-corrected chi connectivity index (χ2v) is 11.1. The second-order valence-electron chi connectivity index (χ2n) is 11.1. The highest BCUT2D eigenvalue weighted by Crippen LogP contribution is 2.72. The van der Waals surface area contributed by atoms with Crippen molar-refractivity contribution in [3.63, 3.8) is 0 Å². The van der Waals surface area contributed by atoms with Crippen LogP contribution in [-0.2, 0) is 33.3 Å². The number of aliphatic hydroxyl groups excluding tert-OH is 2. The fourth-order valence-corrected chi connectivity index (χ4v) is 8.22. The minimum Gasteiger partial charge on any atom is -0.462 e. The number of ether oxygens (including phenoxy) is 4. The Kier molecular flexibility index (Phi) is 4.94. The van der Waals surface area contributed by atoms with Crippen molar-refractivity contribution in [2.24, 2.45) is 34.0 Å². The average Bonchev–Trinajstić information content (AvgIpc) is 3.12. The number of carbonyl (C=O) groups is 3. The van der Waals surface area contributed by atoms with Crippen LogP contribution >= 0.6 is 0 Å². The summed E-state index contributed by atoms with van der Waals surface area (Å²) in [5, 5.41) is 22.4. The number of rotatable bonds is 2. The van der Waals surface area contributed by atoms with Gasteiger partial charge in [-0.15, -0.1) is 0 Å². The highest BCUT2D eigenvalue weighted by Gasteiger charge is 2.82. The molecule has 2 N–H and O–H groups in total. The molecule has 0 aromatic heterocycles. The van der Waals surface area contributed by atoms with Crippen LogP contribution in [0.3, 0.4) is 0 Å². The Balaban J connectivity index is 1.78. The smallest absolute Gasteiger partial charge is 0.302 e. The van der Waals surface area contributed by atoms with Gasteiger partial charge in [0, 0.05) is 37.0 Å². The topological polar surface area (TPSA) is 129 Å². The number of esters is 2. The van der Waals surface area contributed by atoms with E-state index in [1.165, 1.54) is 13.8 Å². The molecule has 9 nitrogen and oxygen atoms in total. The first-order chi connectivity index (χ1) is 15.4. The summed E-state index contributed by atoms with van der Waals surface area (Å²) in [5.41, 5.74) is -2.80. The maximum atomic E-state index is 13.9. The highest BCUT2D eigenvalue weighted by molar-refractivity contribution is 6.05. The van der Waals surface area contributed by atoms with E-state index in [4.69, 9.17) is 18.9 Å². The molecule has 33 heavy (non-hydrogen) atoms. The van der Waals surface area contributed by atoms with Gasteiger partial charge in [-0.2, -0.15) is 0 Å².